The number of aliphatic hydroxyl groups is 5. The van der Waals surface area contributed by atoms with Crippen molar-refractivity contribution in [2.75, 3.05) is 6.61 Å². The van der Waals surface area contributed by atoms with Crippen molar-refractivity contribution in [1.82, 2.24) is 0 Å². The van der Waals surface area contributed by atoms with Crippen LogP contribution in [0, 0.1) is 0 Å². The normalized spacial score (nSPS) is 31.9. The van der Waals surface area contributed by atoms with Crippen molar-refractivity contribution in [3.8, 4) is 40.1 Å². The Morgan fingerprint density at radius 2 is 1.53 bits per heavy atom. The molecule has 0 aliphatic carbocycles. The van der Waals surface area contributed by atoms with E-state index in [1.54, 1.807) is 0 Å². The molecule has 2 saturated heterocycles. The molecule has 1 aromatic heterocycles. The van der Waals surface area contributed by atoms with Gasteiger partial charge < -0.3 is 69.6 Å². The summed E-state index contributed by atoms with van der Waals surface area (Å²) in [5.74, 6) is -2.67. The number of esters is 1. The standard InChI is InChI=1S/C29H32O16/c1-10-26(42-11(2)30)23(37)25(39)28(41-10)40-9-20-21(35)22(36)24(38)29(45-20)44-19-8-14-16(33)6-13(31)7-18(14)43-27(19)12-3-4-15(32)17(34)5-12/h3-8,10,20-26,28-29,35-39H,9H2,1-2H3,(H3-,31,32,33,34)/p+1/t10-,20+,21+,22-,23-,24+,25+,26-,28+,29+/m0/s1. The Labute approximate surface area is 254 Å². The third-order valence-corrected chi connectivity index (χ3v) is 7.47. The molecule has 16 nitrogen and oxygen atoms in total. The van der Waals surface area contributed by atoms with E-state index in [1.165, 1.54) is 31.2 Å². The lowest BCUT2D eigenvalue weighted by Crippen LogP contribution is -2.62. The molecule has 0 saturated carbocycles. The van der Waals surface area contributed by atoms with E-state index in [0.29, 0.717) is 0 Å². The summed E-state index contributed by atoms with van der Waals surface area (Å²) >= 11 is 0. The lowest BCUT2D eigenvalue weighted by atomic mass is 9.98. The van der Waals surface area contributed by atoms with Gasteiger partial charge >= 0.3 is 17.3 Å². The largest absolute Gasteiger partial charge is 0.507 e. The van der Waals surface area contributed by atoms with Crippen LogP contribution in [0.15, 0.2) is 40.8 Å². The third-order valence-electron chi connectivity index (χ3n) is 7.47. The first-order chi connectivity index (χ1) is 21.2. The van der Waals surface area contributed by atoms with Gasteiger partial charge in [0.1, 0.15) is 53.5 Å². The fourth-order valence-corrected chi connectivity index (χ4v) is 5.10. The number of hydrogen-bond donors (Lipinski definition) is 9. The number of aliphatic hydroxyl groups excluding tert-OH is 5. The van der Waals surface area contributed by atoms with Gasteiger partial charge in [-0.05, 0) is 19.1 Å². The molecule has 9 N–H and O–H groups in total. The van der Waals surface area contributed by atoms with Gasteiger partial charge in [-0.25, -0.2) is 4.42 Å². The Bertz CT molecular complexity index is 1550. The van der Waals surface area contributed by atoms with Crippen LogP contribution in [0.1, 0.15) is 13.8 Å². The number of carbonyl (C=O) groups is 1. The number of hydrogen-bond acceptors (Lipinski definition) is 15. The summed E-state index contributed by atoms with van der Waals surface area (Å²) in [4.78, 5) is 11.4. The van der Waals surface area contributed by atoms with Crippen LogP contribution in [-0.4, -0.2) is 120 Å². The van der Waals surface area contributed by atoms with Crippen LogP contribution in [0.3, 0.4) is 0 Å². The van der Waals surface area contributed by atoms with Gasteiger partial charge in [0.2, 0.25) is 12.0 Å². The van der Waals surface area contributed by atoms with Crippen molar-refractivity contribution in [1.29, 1.82) is 0 Å². The molecular formula is C29H33O16+. The van der Waals surface area contributed by atoms with Crippen LogP contribution < -0.4 is 4.74 Å². The molecule has 0 bridgehead atoms. The maximum Gasteiger partial charge on any atom is 0.402 e. The van der Waals surface area contributed by atoms with Crippen LogP contribution in [0.25, 0.3) is 22.3 Å². The number of phenols is 4. The van der Waals surface area contributed by atoms with E-state index in [0.717, 1.165) is 19.1 Å². The Morgan fingerprint density at radius 3 is 2.22 bits per heavy atom. The van der Waals surface area contributed by atoms with Crippen molar-refractivity contribution in [3.05, 3.63) is 36.4 Å². The molecule has 0 amide bonds. The number of phenolic OH excluding ortho intramolecular Hbond substituents is 4. The molecule has 2 aliphatic rings. The quantitative estimate of drug-likeness (QED) is 0.0923. The smallest absolute Gasteiger partial charge is 0.402 e. The molecule has 2 aromatic carbocycles. The number of fused-ring (bicyclic) bond motifs is 1. The molecule has 0 spiro atoms. The molecule has 244 valence electrons. The zero-order valence-electron chi connectivity index (χ0n) is 23.8. The molecule has 2 fully saturated rings. The average molecular weight is 638 g/mol. The van der Waals surface area contributed by atoms with Gasteiger partial charge in [0.15, 0.2) is 23.9 Å². The van der Waals surface area contributed by atoms with Gasteiger partial charge in [-0.15, -0.1) is 0 Å². The van der Waals surface area contributed by atoms with E-state index in [9.17, 15) is 50.8 Å². The minimum atomic E-state index is -1.84. The second-order valence-electron chi connectivity index (χ2n) is 10.8. The molecule has 16 heteroatoms. The third kappa shape index (κ3) is 6.54. The van der Waals surface area contributed by atoms with Crippen molar-refractivity contribution in [2.24, 2.45) is 0 Å². The molecule has 3 heterocycles. The summed E-state index contributed by atoms with van der Waals surface area (Å²) in [6, 6.07) is 7.19. The number of rotatable bonds is 7. The summed E-state index contributed by atoms with van der Waals surface area (Å²) in [6.07, 6.45) is -15.3. The minimum Gasteiger partial charge on any atom is -0.507 e. The molecule has 2 aliphatic heterocycles. The molecule has 5 rings (SSSR count). The van der Waals surface area contributed by atoms with E-state index in [-0.39, 0.29) is 33.8 Å². The van der Waals surface area contributed by atoms with Gasteiger partial charge in [0.25, 0.3) is 0 Å². The number of benzene rings is 2. The van der Waals surface area contributed by atoms with E-state index < -0.39 is 91.2 Å². The van der Waals surface area contributed by atoms with E-state index in [1.807, 2.05) is 0 Å². The Balaban J connectivity index is 1.40. The molecule has 3 aromatic rings. The molecule has 0 radical (unpaired) electrons. The maximum atomic E-state index is 11.4. The summed E-state index contributed by atoms with van der Waals surface area (Å²) in [6.45, 7) is 2.06. The number of aromatic hydroxyl groups is 4. The van der Waals surface area contributed by atoms with E-state index in [2.05, 4.69) is 0 Å². The highest BCUT2D eigenvalue weighted by molar-refractivity contribution is 5.88. The minimum absolute atomic E-state index is 0.00680. The molecular weight excluding hydrogens is 604 g/mol. The first kappa shape index (κ1) is 32.4. The highest BCUT2D eigenvalue weighted by atomic mass is 16.7. The summed E-state index contributed by atoms with van der Waals surface area (Å²) in [7, 11) is 0. The van der Waals surface area contributed by atoms with Crippen LogP contribution in [0.2, 0.25) is 0 Å². The van der Waals surface area contributed by atoms with E-state index >= 15 is 0 Å². The topological polar surface area (TPSA) is 257 Å². The van der Waals surface area contributed by atoms with Crippen molar-refractivity contribution in [2.45, 2.75) is 75.3 Å². The highest BCUT2D eigenvalue weighted by Gasteiger charge is 2.49. The lowest BCUT2D eigenvalue weighted by molar-refractivity contribution is -0.319. The fraction of sp³-hybridized carbons (Fsp3) is 0.448. The maximum absolute atomic E-state index is 11.4. The number of carbonyl (C=O) groups excluding carboxylic acids is 1. The van der Waals surface area contributed by atoms with Crippen LogP contribution in [-0.2, 0) is 23.7 Å². The van der Waals surface area contributed by atoms with Gasteiger partial charge in [0, 0.05) is 25.1 Å². The van der Waals surface area contributed by atoms with Crippen molar-refractivity contribution in [3.63, 3.8) is 0 Å². The SMILES string of the molecule is CC(=O)O[C@@H]1[C@@H](O)[C@@H](O)[C@H](OC[C@H]2O[C@@H](Oc3cc4c(O)cc(O)cc4[o+]c3-c3ccc(O)c(O)c3)[C@H](O)[C@@H](O)[C@@H]2O)O[C@H]1C. The molecule has 45 heavy (non-hydrogen) atoms. The zero-order chi connectivity index (χ0) is 32.7. The second-order valence-corrected chi connectivity index (χ2v) is 10.8. The first-order valence-corrected chi connectivity index (χ1v) is 13.8. The number of ether oxygens (including phenoxy) is 5. The van der Waals surface area contributed by atoms with Gasteiger partial charge in [-0.2, -0.15) is 0 Å². The molecule has 0 unspecified atom stereocenters. The average Bonchev–Trinajstić information content (AvgIpc) is 2.98. The summed E-state index contributed by atoms with van der Waals surface area (Å²) < 4.78 is 33.6. The van der Waals surface area contributed by atoms with Gasteiger partial charge in [-0.3, -0.25) is 4.79 Å². The summed E-state index contributed by atoms with van der Waals surface area (Å²) in [5, 5.41) is 93.1. The monoisotopic (exact) mass is 637 g/mol. The zero-order valence-corrected chi connectivity index (χ0v) is 23.8. The lowest BCUT2D eigenvalue weighted by Gasteiger charge is -2.42. The Hall–Kier alpha value is -4.00. The van der Waals surface area contributed by atoms with Crippen LogP contribution in [0.4, 0.5) is 0 Å². The Morgan fingerprint density at radius 1 is 0.822 bits per heavy atom. The summed E-state index contributed by atoms with van der Waals surface area (Å²) in [5.41, 5.74) is 0.145. The second kappa shape index (κ2) is 12.8. The first-order valence-electron chi connectivity index (χ1n) is 13.8. The Kier molecular flexibility index (Phi) is 9.20. The van der Waals surface area contributed by atoms with Crippen LogP contribution >= 0.6 is 0 Å². The van der Waals surface area contributed by atoms with Gasteiger partial charge in [-0.1, -0.05) is 0 Å². The van der Waals surface area contributed by atoms with Gasteiger partial charge in [0.05, 0.1) is 24.3 Å². The fourth-order valence-electron chi connectivity index (χ4n) is 5.10. The van der Waals surface area contributed by atoms with Crippen molar-refractivity contribution < 1.29 is 78.9 Å². The highest BCUT2D eigenvalue weighted by Crippen LogP contribution is 2.42. The van der Waals surface area contributed by atoms with Crippen LogP contribution in [0.5, 0.6) is 28.7 Å². The van der Waals surface area contributed by atoms with Crippen molar-refractivity contribution >= 4 is 16.9 Å². The predicted octanol–water partition coefficient (Wildman–Crippen LogP) is -0.195. The van der Waals surface area contributed by atoms with E-state index in [4.69, 9.17) is 28.1 Å². The predicted molar refractivity (Wildman–Crippen MR) is 148 cm³/mol. The molecule has 10 atom stereocenters.